The molecule has 0 heterocycles. The van der Waals surface area contributed by atoms with Crippen LogP contribution in [0.15, 0.2) is 95.1 Å². The largest absolute Gasteiger partial charge is 0.415 e. The van der Waals surface area contributed by atoms with Crippen LogP contribution in [0.5, 0.6) is 0 Å². The smallest absolute Gasteiger partial charge is 0.200 e. The first kappa shape index (κ1) is 63.9. The standard InChI is InChI=1S/C72H104O4Si4/c1-49(2)77(50(3)4,51(5)6)73-45-69-41-66-38-34-62-30-27-28-32-64(62)36-40-68-44-71(47-75-79(55(13)14,56(15)16)57(17)18)67(43-72(68,71)48-76-80(58(19)20,59(21)22)60(23)24)39-35-63-31-26-25-29-61(63)33-37-65(69)42-70(66,69)46-74-78(52(7)8,53(9)10)54(11)12/h25-32,41-44,49-60H,45-48H2,1-24H3. The quantitative estimate of drug-likeness (QED) is 0.0775. The van der Waals surface area contributed by atoms with Gasteiger partial charge in [-0.05, 0) is 90.8 Å². The van der Waals surface area contributed by atoms with Gasteiger partial charge in [0.05, 0.1) is 21.7 Å². The SMILES string of the molecule is CC(C)[Si](OCC12C=C3C#Cc4ccccc4C#CC4=CC5(CO[Si](C(C)C)(C(C)C)C(C)C)C(=CC45CO[Si](C(C)C)(C(C)C)C(C)C)C#Cc4ccccc4C#CC1=CC32CO[Si](C(C)C)(C(C)C)C(C)C)(C(C)C)C(C)C. The summed E-state index contributed by atoms with van der Waals surface area (Å²) >= 11 is 0. The number of rotatable bonds is 24. The topological polar surface area (TPSA) is 36.9 Å². The summed E-state index contributed by atoms with van der Waals surface area (Å²) in [5.74, 6) is 30.3. The van der Waals surface area contributed by atoms with Gasteiger partial charge in [0, 0.05) is 71.0 Å². The average Bonchev–Trinajstić information content (AvgIpc) is 3.41. The maximum absolute atomic E-state index is 7.71. The van der Waals surface area contributed by atoms with Gasteiger partial charge in [0.2, 0.25) is 0 Å². The van der Waals surface area contributed by atoms with Crippen LogP contribution in [0.3, 0.4) is 0 Å². The van der Waals surface area contributed by atoms with Crippen molar-refractivity contribution in [1.29, 1.82) is 0 Å². The fraction of sp³-hybridized carbons (Fsp3) is 0.611. The van der Waals surface area contributed by atoms with E-state index in [1.807, 2.05) is 0 Å². The zero-order chi connectivity index (χ0) is 59.3. The van der Waals surface area contributed by atoms with E-state index in [-0.39, 0.29) is 0 Å². The Bertz CT molecular complexity index is 2530. The van der Waals surface area contributed by atoms with Crippen molar-refractivity contribution in [2.75, 3.05) is 26.4 Å². The monoisotopic (exact) mass is 1140 g/mol. The first-order valence-electron chi connectivity index (χ1n) is 31.2. The van der Waals surface area contributed by atoms with E-state index in [0.717, 1.165) is 44.5 Å². The van der Waals surface area contributed by atoms with Crippen LogP contribution >= 0.6 is 0 Å². The van der Waals surface area contributed by atoms with Gasteiger partial charge in [-0.1, -0.05) is 262 Å². The van der Waals surface area contributed by atoms with Gasteiger partial charge < -0.3 is 17.7 Å². The van der Waals surface area contributed by atoms with Crippen molar-refractivity contribution >= 4 is 33.3 Å². The number of hydrogen-bond acceptors (Lipinski definition) is 4. The van der Waals surface area contributed by atoms with E-state index >= 15 is 0 Å². The third-order valence-corrected chi connectivity index (χ3v) is 45.5. The molecule has 8 heteroatoms. The average molecular weight is 1150 g/mol. The molecule has 0 fully saturated rings. The van der Waals surface area contributed by atoms with Crippen LogP contribution < -0.4 is 0 Å². The summed E-state index contributed by atoms with van der Waals surface area (Å²) in [6.45, 7) is 59.4. The molecule has 6 aliphatic carbocycles. The van der Waals surface area contributed by atoms with Crippen LogP contribution in [0.1, 0.15) is 188 Å². The zero-order valence-corrected chi connectivity index (χ0v) is 58.3. The number of benzene rings is 2. The highest BCUT2D eigenvalue weighted by Gasteiger charge is 2.70. The molecule has 0 aliphatic heterocycles. The van der Waals surface area contributed by atoms with Crippen LogP contribution in [0.25, 0.3) is 0 Å². The molecule has 6 bridgehead atoms. The third-order valence-electron chi connectivity index (χ3n) is 21.3. The van der Waals surface area contributed by atoms with Crippen molar-refractivity contribution in [2.45, 2.75) is 233 Å². The fourth-order valence-electron chi connectivity index (χ4n) is 17.5. The summed E-state index contributed by atoms with van der Waals surface area (Å²) in [5, 5.41) is 0. The van der Waals surface area contributed by atoms with Gasteiger partial charge in [-0.25, -0.2) is 0 Å². The van der Waals surface area contributed by atoms with Crippen molar-refractivity contribution in [3.63, 3.8) is 0 Å². The van der Waals surface area contributed by atoms with Crippen LogP contribution in [-0.2, 0) is 17.7 Å². The minimum Gasteiger partial charge on any atom is -0.415 e. The normalized spacial score (nSPS) is 23.2. The maximum Gasteiger partial charge on any atom is 0.200 e. The maximum atomic E-state index is 7.71. The second-order valence-electron chi connectivity index (χ2n) is 28.6. The highest BCUT2D eigenvalue weighted by atomic mass is 28.4. The van der Waals surface area contributed by atoms with Crippen molar-refractivity contribution in [3.8, 4) is 47.4 Å². The van der Waals surface area contributed by atoms with E-state index in [9.17, 15) is 0 Å². The first-order chi connectivity index (χ1) is 37.4. The highest BCUT2D eigenvalue weighted by Crippen LogP contribution is 2.70. The predicted octanol–water partition coefficient (Wildman–Crippen LogP) is 19.3. The Hall–Kier alpha value is -3.65. The molecule has 0 radical (unpaired) electrons. The van der Waals surface area contributed by atoms with Gasteiger partial charge in [0.15, 0.2) is 33.3 Å². The second kappa shape index (κ2) is 23.8. The molecular weight excluding hydrogens is 1040 g/mol. The van der Waals surface area contributed by atoms with Gasteiger partial charge in [-0.3, -0.25) is 0 Å². The van der Waals surface area contributed by atoms with Crippen molar-refractivity contribution in [3.05, 3.63) is 117 Å². The molecular formula is C72H104O4Si4. The molecule has 8 rings (SSSR count). The molecule has 6 aliphatic rings. The van der Waals surface area contributed by atoms with Crippen molar-refractivity contribution in [1.82, 2.24) is 0 Å². The Morgan fingerprint density at radius 2 is 0.412 bits per heavy atom. The molecule has 2 aromatic carbocycles. The Balaban J connectivity index is 1.48. The Labute approximate surface area is 493 Å². The second-order valence-corrected chi connectivity index (χ2v) is 50.5. The summed E-state index contributed by atoms with van der Waals surface area (Å²) < 4.78 is 30.8. The van der Waals surface area contributed by atoms with Gasteiger partial charge in [-0.15, -0.1) is 0 Å². The molecule has 2 aromatic rings. The van der Waals surface area contributed by atoms with Gasteiger partial charge >= 0.3 is 0 Å². The van der Waals surface area contributed by atoms with Crippen LogP contribution in [0, 0.1) is 69.0 Å². The molecule has 4 unspecified atom stereocenters. The first-order valence-corrected chi connectivity index (χ1v) is 39.7. The molecule has 80 heavy (non-hydrogen) atoms. The summed E-state index contributed by atoms with van der Waals surface area (Å²) in [6.07, 6.45) is 9.68. The van der Waals surface area contributed by atoms with Crippen molar-refractivity contribution in [2.24, 2.45) is 21.7 Å². The van der Waals surface area contributed by atoms with E-state index in [2.05, 4.69) is 286 Å². The lowest BCUT2D eigenvalue weighted by atomic mass is 9.41. The van der Waals surface area contributed by atoms with E-state index in [4.69, 9.17) is 17.7 Å². The molecule has 4 atom stereocenters. The van der Waals surface area contributed by atoms with E-state index in [1.54, 1.807) is 0 Å². The van der Waals surface area contributed by atoms with E-state index in [0.29, 0.717) is 92.9 Å². The molecule has 0 spiro atoms. The third kappa shape index (κ3) is 9.96. The summed E-state index contributed by atoms with van der Waals surface area (Å²) in [7, 11) is -9.28. The highest BCUT2D eigenvalue weighted by molar-refractivity contribution is 6.79. The van der Waals surface area contributed by atoms with Crippen molar-refractivity contribution < 1.29 is 17.7 Å². The van der Waals surface area contributed by atoms with Gasteiger partial charge in [0.25, 0.3) is 0 Å². The Morgan fingerprint density at radius 3 is 0.550 bits per heavy atom. The Kier molecular flexibility index (Phi) is 19.0. The minimum atomic E-state index is -2.32. The van der Waals surface area contributed by atoms with E-state index in [1.165, 1.54) is 0 Å². The lowest BCUT2D eigenvalue weighted by molar-refractivity contribution is 0.0209. The molecule has 0 amide bonds. The predicted molar refractivity (Wildman–Crippen MR) is 350 cm³/mol. The lowest BCUT2D eigenvalue weighted by Crippen LogP contribution is -2.64. The molecule has 0 N–H and O–H groups in total. The molecule has 432 valence electrons. The number of hydrogen-bond donors (Lipinski definition) is 0. The zero-order valence-electron chi connectivity index (χ0n) is 54.3. The summed E-state index contributed by atoms with van der Waals surface area (Å²) in [5.41, 5.74) is 11.2. The fourth-order valence-corrected chi connectivity index (χ4v) is 39.4. The summed E-state index contributed by atoms with van der Waals surface area (Å²) in [6, 6.07) is 16.9. The van der Waals surface area contributed by atoms with Gasteiger partial charge in [-0.2, -0.15) is 0 Å². The van der Waals surface area contributed by atoms with Crippen LogP contribution in [0.2, 0.25) is 66.5 Å². The van der Waals surface area contributed by atoms with Crippen LogP contribution in [-0.4, -0.2) is 59.7 Å². The molecule has 0 saturated carbocycles. The Morgan fingerprint density at radius 1 is 0.263 bits per heavy atom. The summed E-state index contributed by atoms with van der Waals surface area (Å²) in [4.78, 5) is 0. The molecule has 0 saturated heterocycles. The van der Waals surface area contributed by atoms with Crippen LogP contribution in [0.4, 0.5) is 0 Å². The van der Waals surface area contributed by atoms with E-state index < -0.39 is 54.9 Å². The molecule has 4 nitrogen and oxygen atoms in total. The molecule has 0 aromatic heterocycles. The lowest BCUT2D eigenvalue weighted by Gasteiger charge is -2.63. The van der Waals surface area contributed by atoms with Gasteiger partial charge in [0.1, 0.15) is 0 Å². The minimum absolute atomic E-state index is 0.431.